The van der Waals surface area contributed by atoms with E-state index in [4.69, 9.17) is 15.9 Å². The highest BCUT2D eigenvalue weighted by Gasteiger charge is 2.53. The second-order valence-corrected chi connectivity index (χ2v) is 9.24. The Labute approximate surface area is 193 Å². The van der Waals surface area contributed by atoms with Crippen molar-refractivity contribution in [2.45, 2.75) is 83.5 Å². The first-order chi connectivity index (χ1) is 14.6. The molecule has 6 heteroatoms. The number of carbonyl (C=O) groups is 1. The van der Waals surface area contributed by atoms with Crippen LogP contribution in [0.2, 0.25) is 0 Å². The summed E-state index contributed by atoms with van der Waals surface area (Å²) in [7, 11) is 0. The lowest BCUT2D eigenvalue weighted by Crippen LogP contribution is -2.35. The summed E-state index contributed by atoms with van der Waals surface area (Å²) >= 11 is 0. The van der Waals surface area contributed by atoms with Crippen molar-refractivity contribution in [3.8, 4) is 0 Å². The van der Waals surface area contributed by atoms with E-state index >= 15 is 0 Å². The summed E-state index contributed by atoms with van der Waals surface area (Å²) in [4.78, 5) is 12.3. The van der Waals surface area contributed by atoms with Gasteiger partial charge in [0.1, 0.15) is 11.3 Å². The van der Waals surface area contributed by atoms with Gasteiger partial charge in [-0.15, -0.1) is 12.4 Å². The average Bonchev–Trinajstić information content (AvgIpc) is 3.57. The Kier molecular flexibility index (Phi) is 10.8. The number of carbonyl (C=O) groups excluding carboxylic acids is 1. The third-order valence-corrected chi connectivity index (χ3v) is 6.74. The number of unbranched alkanes of at least 4 members (excludes halogenated alkanes) is 4. The first kappa shape index (κ1) is 25.7. The quantitative estimate of drug-likeness (QED) is 0.200. The normalized spacial score (nSPS) is 17.5. The second-order valence-electron chi connectivity index (χ2n) is 9.24. The van der Waals surface area contributed by atoms with Crippen LogP contribution in [0.1, 0.15) is 82.6 Å². The Morgan fingerprint density at radius 2 is 1.68 bits per heavy atom. The minimum absolute atomic E-state index is 0. The van der Waals surface area contributed by atoms with E-state index in [1.807, 2.05) is 12.1 Å². The molecular weight excluding hydrogens is 410 g/mol. The summed E-state index contributed by atoms with van der Waals surface area (Å²) in [6, 6.07) is 8.07. The Bertz CT molecular complexity index is 683. The maximum atomic E-state index is 12.3. The zero-order valence-electron chi connectivity index (χ0n) is 18.8. The van der Waals surface area contributed by atoms with Crippen LogP contribution in [0.25, 0.3) is 0 Å². The van der Waals surface area contributed by atoms with E-state index in [0.717, 1.165) is 31.2 Å². The number of nitrogens with two attached hydrogens (primary N) is 1. The summed E-state index contributed by atoms with van der Waals surface area (Å²) in [5.41, 5.74) is 6.91. The molecule has 0 aromatic heterocycles. The number of halogens is 1. The highest BCUT2D eigenvalue weighted by molar-refractivity contribution is 6.13. The van der Waals surface area contributed by atoms with Gasteiger partial charge >= 0.3 is 0 Å². The van der Waals surface area contributed by atoms with Crippen LogP contribution in [0.3, 0.4) is 0 Å². The molecule has 0 radical (unpaired) electrons. The minimum Gasteiger partial charge on any atom is -0.387 e. The van der Waals surface area contributed by atoms with Crippen LogP contribution < -0.4 is 11.1 Å². The molecule has 0 saturated heterocycles. The molecule has 4 N–H and O–H groups in total. The van der Waals surface area contributed by atoms with Crippen molar-refractivity contribution < 1.29 is 9.53 Å². The maximum absolute atomic E-state index is 12.3. The first-order valence-electron chi connectivity index (χ1n) is 11.9. The van der Waals surface area contributed by atoms with Crippen molar-refractivity contribution in [3.63, 3.8) is 0 Å². The molecule has 0 atom stereocenters. The zero-order valence-corrected chi connectivity index (χ0v) is 19.6. The van der Waals surface area contributed by atoms with Gasteiger partial charge in [0.25, 0.3) is 0 Å². The van der Waals surface area contributed by atoms with Gasteiger partial charge in [-0.3, -0.25) is 10.2 Å². The highest BCUT2D eigenvalue weighted by Crippen LogP contribution is 2.46. The van der Waals surface area contributed by atoms with Crippen molar-refractivity contribution >= 4 is 29.8 Å². The summed E-state index contributed by atoms with van der Waals surface area (Å²) in [6.45, 7) is 1.90. The fourth-order valence-corrected chi connectivity index (χ4v) is 4.42. The monoisotopic (exact) mass is 449 g/mol. The maximum Gasteiger partial charge on any atom is 0.238 e. The van der Waals surface area contributed by atoms with Crippen LogP contribution in [-0.2, 0) is 16.0 Å². The second kappa shape index (κ2) is 13.1. The molecule has 2 aliphatic rings. The molecule has 1 aromatic carbocycles. The molecule has 1 amide bonds. The molecule has 31 heavy (non-hydrogen) atoms. The summed E-state index contributed by atoms with van der Waals surface area (Å²) in [6.07, 6.45) is 15.5. The lowest BCUT2D eigenvalue weighted by atomic mass is 9.90. The highest BCUT2D eigenvalue weighted by atomic mass is 35.5. The largest absolute Gasteiger partial charge is 0.387 e. The molecule has 5 nitrogen and oxygen atoms in total. The predicted octanol–water partition coefficient (Wildman–Crippen LogP) is 5.85. The Morgan fingerprint density at radius 3 is 2.32 bits per heavy atom. The molecule has 0 heterocycles. The van der Waals surface area contributed by atoms with Crippen LogP contribution in [-0.4, -0.2) is 25.0 Å². The van der Waals surface area contributed by atoms with Gasteiger partial charge in [0.05, 0.1) is 0 Å². The number of ether oxygens (including phenoxy) is 1. The van der Waals surface area contributed by atoms with Crippen LogP contribution in [0, 0.1) is 16.7 Å². The van der Waals surface area contributed by atoms with Gasteiger partial charge in [-0.25, -0.2) is 0 Å². The average molecular weight is 450 g/mol. The number of amides is 1. The van der Waals surface area contributed by atoms with Crippen LogP contribution in [0.4, 0.5) is 5.69 Å². The molecule has 3 rings (SSSR count). The molecule has 1 aromatic rings. The van der Waals surface area contributed by atoms with Gasteiger partial charge in [0.2, 0.25) is 5.91 Å². The Balaban J connectivity index is 0.00000341. The van der Waals surface area contributed by atoms with E-state index in [1.165, 1.54) is 69.8 Å². The van der Waals surface area contributed by atoms with Gasteiger partial charge in [0.15, 0.2) is 0 Å². The zero-order chi connectivity index (χ0) is 21.2. The summed E-state index contributed by atoms with van der Waals surface area (Å²) < 4.78 is 5.88. The summed E-state index contributed by atoms with van der Waals surface area (Å²) in [5.74, 6) is 0.653. The molecule has 2 saturated carbocycles. The van der Waals surface area contributed by atoms with Gasteiger partial charge in [-0.1, -0.05) is 50.7 Å². The van der Waals surface area contributed by atoms with E-state index in [-0.39, 0.29) is 24.1 Å². The predicted molar refractivity (Wildman–Crippen MR) is 130 cm³/mol. The SMILES string of the molecule is Cl.N=C(N)C1(C(=O)Nc2ccc(CCCCCCCOCC3CCCCC3)cc2)CC1. The lowest BCUT2D eigenvalue weighted by Gasteiger charge is -2.21. The number of benzene rings is 1. The number of amidine groups is 1. The lowest BCUT2D eigenvalue weighted by molar-refractivity contribution is -0.119. The number of nitrogens with one attached hydrogen (secondary N) is 2. The van der Waals surface area contributed by atoms with E-state index in [9.17, 15) is 4.79 Å². The van der Waals surface area contributed by atoms with Crippen molar-refractivity contribution in [3.05, 3.63) is 29.8 Å². The molecule has 0 spiro atoms. The molecule has 0 unspecified atom stereocenters. The first-order valence-corrected chi connectivity index (χ1v) is 11.9. The molecule has 0 bridgehead atoms. The molecule has 0 aliphatic heterocycles. The summed E-state index contributed by atoms with van der Waals surface area (Å²) in [5, 5.41) is 10.5. The third kappa shape index (κ3) is 8.12. The molecule has 174 valence electrons. The van der Waals surface area contributed by atoms with Gasteiger partial charge in [-0.05, 0) is 68.6 Å². The van der Waals surface area contributed by atoms with Crippen molar-refractivity contribution in [2.75, 3.05) is 18.5 Å². The van der Waals surface area contributed by atoms with Gasteiger partial charge < -0.3 is 15.8 Å². The van der Waals surface area contributed by atoms with E-state index in [2.05, 4.69) is 17.4 Å². The molecule has 2 fully saturated rings. The molecule has 2 aliphatic carbocycles. The topological polar surface area (TPSA) is 88.2 Å². The van der Waals surface area contributed by atoms with Crippen molar-refractivity contribution in [1.29, 1.82) is 5.41 Å². The Hall–Kier alpha value is -1.59. The smallest absolute Gasteiger partial charge is 0.238 e. The number of hydrogen-bond acceptors (Lipinski definition) is 3. The minimum atomic E-state index is -0.750. The molecular formula is C25H40ClN3O2. The van der Waals surface area contributed by atoms with Crippen LogP contribution in [0.5, 0.6) is 0 Å². The van der Waals surface area contributed by atoms with Gasteiger partial charge in [-0.2, -0.15) is 0 Å². The fourth-order valence-electron chi connectivity index (χ4n) is 4.42. The fraction of sp³-hybridized carbons (Fsp3) is 0.680. The number of hydrogen-bond donors (Lipinski definition) is 3. The van der Waals surface area contributed by atoms with Crippen molar-refractivity contribution in [2.24, 2.45) is 17.1 Å². The number of rotatable bonds is 13. The van der Waals surface area contributed by atoms with Crippen LogP contribution >= 0.6 is 12.4 Å². The van der Waals surface area contributed by atoms with Gasteiger partial charge in [0, 0.05) is 18.9 Å². The van der Waals surface area contributed by atoms with E-state index in [1.54, 1.807) is 0 Å². The van der Waals surface area contributed by atoms with Crippen LogP contribution in [0.15, 0.2) is 24.3 Å². The third-order valence-electron chi connectivity index (χ3n) is 6.74. The number of anilines is 1. The Morgan fingerprint density at radius 1 is 1.03 bits per heavy atom. The van der Waals surface area contributed by atoms with E-state index < -0.39 is 5.41 Å². The number of aryl methyl sites for hydroxylation is 1. The van der Waals surface area contributed by atoms with Crippen molar-refractivity contribution in [1.82, 2.24) is 0 Å². The van der Waals surface area contributed by atoms with E-state index in [0.29, 0.717) is 12.8 Å². The standard InChI is InChI=1S/C25H39N3O2.ClH/c26-23(27)25(16-17-25)24(29)28-22-14-12-20(13-15-22)9-5-2-1-3-8-18-30-19-21-10-6-4-7-11-21;/h12-15,21H,1-11,16-19H2,(H3,26,27)(H,28,29);1H.